The topological polar surface area (TPSA) is 69.2 Å². The van der Waals surface area contributed by atoms with Crippen LogP contribution < -0.4 is 0 Å². The summed E-state index contributed by atoms with van der Waals surface area (Å²) in [5.74, 6) is 0.00940. The van der Waals surface area contributed by atoms with Crippen molar-refractivity contribution in [2.24, 2.45) is 0 Å². The lowest BCUT2D eigenvalue weighted by Crippen LogP contribution is -2.29. The predicted octanol–water partition coefficient (Wildman–Crippen LogP) is 1.18. The van der Waals surface area contributed by atoms with E-state index in [1.807, 2.05) is 0 Å². The molecular weight excluding hydrogens is 280 g/mol. The van der Waals surface area contributed by atoms with Crippen molar-refractivity contribution in [1.29, 1.82) is 0 Å². The molecule has 1 amide bonds. The minimum Gasteiger partial charge on any atom is -0.388 e. The lowest BCUT2D eigenvalue weighted by Gasteiger charge is -2.14. The number of halogens is 2. The van der Waals surface area contributed by atoms with E-state index in [9.17, 15) is 18.7 Å². The number of aliphatic hydroxyl groups is 1. The first-order chi connectivity index (χ1) is 10.0. The van der Waals surface area contributed by atoms with Gasteiger partial charge < -0.3 is 15.0 Å². The number of imidazole rings is 1. The van der Waals surface area contributed by atoms with Crippen LogP contribution in [0.3, 0.4) is 0 Å². The number of hydrogen-bond acceptors (Lipinski definition) is 3. The highest BCUT2D eigenvalue weighted by molar-refractivity contribution is 5.77. The number of fused-ring (bicyclic) bond motifs is 1. The van der Waals surface area contributed by atoms with E-state index in [4.69, 9.17) is 0 Å². The molecule has 2 aromatic rings. The maximum atomic E-state index is 13.2. The Morgan fingerprint density at radius 3 is 3.00 bits per heavy atom. The van der Waals surface area contributed by atoms with Gasteiger partial charge in [-0.1, -0.05) is 0 Å². The number of alkyl halides is 1. The molecule has 0 unspecified atom stereocenters. The minimum atomic E-state index is -1.37. The second kappa shape index (κ2) is 5.40. The number of benzene rings is 1. The number of aliphatic hydroxyl groups excluding tert-OH is 1. The smallest absolute Gasteiger partial charge is 0.223 e. The number of β-amino-alcohol motifs (C(OH)–C–C–N with tert-alkyl or cyclic N) is 1. The Bertz CT molecular complexity index is 663. The van der Waals surface area contributed by atoms with E-state index < -0.39 is 12.3 Å². The zero-order valence-corrected chi connectivity index (χ0v) is 11.2. The number of H-pyrrole nitrogens is 1. The third kappa shape index (κ3) is 2.87. The summed E-state index contributed by atoms with van der Waals surface area (Å²) in [5, 5.41) is 9.30. The van der Waals surface area contributed by atoms with E-state index in [1.54, 1.807) is 6.07 Å². The number of rotatable bonds is 3. The summed E-state index contributed by atoms with van der Waals surface area (Å²) in [6, 6.07) is 4.24. The molecule has 21 heavy (non-hydrogen) atoms. The maximum absolute atomic E-state index is 13.2. The van der Waals surface area contributed by atoms with E-state index >= 15 is 0 Å². The highest BCUT2D eigenvalue weighted by Crippen LogP contribution is 2.16. The second-order valence-corrected chi connectivity index (χ2v) is 5.23. The molecule has 0 spiro atoms. The highest BCUT2D eigenvalue weighted by Gasteiger charge is 2.33. The predicted molar refractivity (Wildman–Crippen MR) is 71.9 cm³/mol. The molecule has 0 bridgehead atoms. The Kier molecular flexibility index (Phi) is 3.59. The molecular formula is C14H15F2N3O2. The molecule has 2 atom stereocenters. The Morgan fingerprint density at radius 1 is 1.48 bits per heavy atom. The molecule has 7 heteroatoms. The molecule has 1 saturated heterocycles. The van der Waals surface area contributed by atoms with Gasteiger partial charge in [-0.05, 0) is 18.2 Å². The van der Waals surface area contributed by atoms with E-state index in [2.05, 4.69) is 9.97 Å². The molecule has 1 aliphatic heterocycles. The summed E-state index contributed by atoms with van der Waals surface area (Å²) in [6.45, 7) is -0.0311. The molecule has 1 aromatic heterocycles. The van der Waals surface area contributed by atoms with Crippen LogP contribution in [0.5, 0.6) is 0 Å². The van der Waals surface area contributed by atoms with E-state index in [0.29, 0.717) is 23.3 Å². The van der Waals surface area contributed by atoms with Crippen molar-refractivity contribution < 1.29 is 18.7 Å². The zero-order chi connectivity index (χ0) is 15.0. The summed E-state index contributed by atoms with van der Waals surface area (Å²) in [4.78, 5) is 20.5. The van der Waals surface area contributed by atoms with Crippen LogP contribution in [0.1, 0.15) is 12.2 Å². The molecule has 3 rings (SSSR count). The Hall–Kier alpha value is -2.02. The number of nitrogens with one attached hydrogen (secondary N) is 1. The van der Waals surface area contributed by atoms with Crippen LogP contribution in [0.15, 0.2) is 18.2 Å². The molecule has 1 fully saturated rings. The fourth-order valence-corrected chi connectivity index (χ4v) is 2.49. The molecule has 0 saturated carbocycles. The number of carbonyl (C=O) groups is 1. The molecule has 1 aromatic carbocycles. The van der Waals surface area contributed by atoms with Crippen LogP contribution in [0.2, 0.25) is 0 Å². The van der Waals surface area contributed by atoms with Crippen LogP contribution in [0.25, 0.3) is 11.0 Å². The number of aryl methyl sites for hydroxylation is 1. The number of likely N-dealkylation sites (tertiary alicyclic amines) is 1. The average Bonchev–Trinajstić information content (AvgIpc) is 2.99. The highest BCUT2D eigenvalue weighted by atomic mass is 19.1. The van der Waals surface area contributed by atoms with Gasteiger partial charge in [-0.25, -0.2) is 13.8 Å². The first-order valence-corrected chi connectivity index (χ1v) is 6.77. The van der Waals surface area contributed by atoms with Crippen molar-refractivity contribution in [2.45, 2.75) is 25.1 Å². The summed E-state index contributed by atoms with van der Waals surface area (Å²) < 4.78 is 26.2. The van der Waals surface area contributed by atoms with Gasteiger partial charge >= 0.3 is 0 Å². The minimum absolute atomic E-state index is 0.0331. The van der Waals surface area contributed by atoms with Gasteiger partial charge in [-0.2, -0.15) is 0 Å². The van der Waals surface area contributed by atoms with Crippen molar-refractivity contribution in [2.75, 3.05) is 13.1 Å². The van der Waals surface area contributed by atoms with Gasteiger partial charge in [0.15, 0.2) is 0 Å². The second-order valence-electron chi connectivity index (χ2n) is 5.23. The lowest BCUT2D eigenvalue weighted by molar-refractivity contribution is -0.130. The number of aromatic amines is 1. The molecule has 2 N–H and O–H groups in total. The third-order valence-corrected chi connectivity index (χ3v) is 3.64. The van der Waals surface area contributed by atoms with Gasteiger partial charge in [0.05, 0.1) is 17.6 Å². The van der Waals surface area contributed by atoms with Crippen LogP contribution in [-0.4, -0.2) is 51.2 Å². The van der Waals surface area contributed by atoms with Crippen molar-refractivity contribution >= 4 is 16.9 Å². The SMILES string of the molecule is O=C(CCc1nc2ccc(F)cc2[nH]1)N1C[C@@H](O)[C@H](F)C1. The normalized spacial score (nSPS) is 22.1. The Balaban J connectivity index is 1.62. The van der Waals surface area contributed by atoms with Crippen LogP contribution in [0.4, 0.5) is 8.78 Å². The van der Waals surface area contributed by atoms with Crippen molar-refractivity contribution in [3.8, 4) is 0 Å². The van der Waals surface area contributed by atoms with Crippen LogP contribution >= 0.6 is 0 Å². The number of aromatic nitrogens is 2. The summed E-state index contributed by atoms with van der Waals surface area (Å²) in [7, 11) is 0. The van der Waals surface area contributed by atoms with Gasteiger partial charge in [-0.15, -0.1) is 0 Å². The van der Waals surface area contributed by atoms with Crippen molar-refractivity contribution in [1.82, 2.24) is 14.9 Å². The van der Waals surface area contributed by atoms with Crippen LogP contribution in [0, 0.1) is 5.82 Å². The van der Waals surface area contributed by atoms with E-state index in [-0.39, 0.29) is 31.2 Å². The molecule has 1 aliphatic rings. The third-order valence-electron chi connectivity index (χ3n) is 3.64. The van der Waals surface area contributed by atoms with Crippen LogP contribution in [-0.2, 0) is 11.2 Å². The number of nitrogens with zero attached hydrogens (tertiary/aromatic N) is 2. The first kappa shape index (κ1) is 13.9. The molecule has 0 aliphatic carbocycles. The van der Waals surface area contributed by atoms with Crippen molar-refractivity contribution in [3.63, 3.8) is 0 Å². The van der Waals surface area contributed by atoms with Gasteiger partial charge in [0.2, 0.25) is 5.91 Å². The Morgan fingerprint density at radius 2 is 2.29 bits per heavy atom. The molecule has 112 valence electrons. The number of carbonyl (C=O) groups excluding carboxylic acids is 1. The molecule has 2 heterocycles. The standard InChI is InChI=1S/C14H15F2N3O2/c15-8-1-2-10-11(5-8)18-13(17-10)3-4-14(21)19-6-9(16)12(20)7-19/h1-2,5,9,12,20H,3-4,6-7H2,(H,17,18)/t9-,12-/m1/s1. The van der Waals surface area contributed by atoms with Gasteiger partial charge in [0, 0.05) is 19.4 Å². The number of amides is 1. The maximum Gasteiger partial charge on any atom is 0.223 e. The monoisotopic (exact) mass is 295 g/mol. The zero-order valence-electron chi connectivity index (χ0n) is 11.2. The van der Waals surface area contributed by atoms with Crippen molar-refractivity contribution in [3.05, 3.63) is 29.8 Å². The quantitative estimate of drug-likeness (QED) is 0.893. The summed E-state index contributed by atoms with van der Waals surface area (Å²) in [6.07, 6.45) is -1.94. The van der Waals surface area contributed by atoms with Gasteiger partial charge in [0.1, 0.15) is 23.9 Å². The van der Waals surface area contributed by atoms with Gasteiger partial charge in [-0.3, -0.25) is 4.79 Å². The van der Waals surface area contributed by atoms with E-state index in [1.165, 1.54) is 17.0 Å². The fourth-order valence-electron chi connectivity index (χ4n) is 2.49. The average molecular weight is 295 g/mol. The number of hydrogen-bond donors (Lipinski definition) is 2. The molecule has 5 nitrogen and oxygen atoms in total. The molecule has 0 radical (unpaired) electrons. The van der Waals surface area contributed by atoms with Gasteiger partial charge in [0.25, 0.3) is 0 Å². The lowest BCUT2D eigenvalue weighted by atomic mass is 10.2. The summed E-state index contributed by atoms with van der Waals surface area (Å²) in [5.41, 5.74) is 1.22. The van der Waals surface area contributed by atoms with E-state index in [0.717, 1.165) is 0 Å². The fraction of sp³-hybridized carbons (Fsp3) is 0.429. The summed E-state index contributed by atoms with van der Waals surface area (Å²) >= 11 is 0. The Labute approximate surface area is 119 Å². The first-order valence-electron chi connectivity index (χ1n) is 6.77. The largest absolute Gasteiger partial charge is 0.388 e.